The van der Waals surface area contributed by atoms with E-state index in [0.717, 1.165) is 11.1 Å². The lowest BCUT2D eigenvalue weighted by Crippen LogP contribution is -2.49. The largest absolute Gasteiger partial charge is 0.348 e. The van der Waals surface area contributed by atoms with E-state index in [1.165, 1.54) is 23.0 Å². The first-order valence-corrected chi connectivity index (χ1v) is 12.2. The van der Waals surface area contributed by atoms with Gasteiger partial charge in [-0.2, -0.15) is 0 Å². The molecule has 4 rings (SSSR count). The number of carbonyl (C=O) groups excluding carboxylic acids is 2. The Kier molecular flexibility index (Phi) is 5.25. The molecule has 2 aliphatic rings. The fourth-order valence-corrected chi connectivity index (χ4v) is 5.22. The first-order valence-electron chi connectivity index (χ1n) is 10.2. The average molecular weight is 443 g/mol. The van der Waals surface area contributed by atoms with Crippen LogP contribution in [-0.2, 0) is 22.8 Å². The van der Waals surface area contributed by atoms with Gasteiger partial charge >= 0.3 is 0 Å². The SMILES string of the molecule is Cc1ccc(CNC(=O)c2ccc3n(c2=O)CCN(CC2([S@@](C)(=N)=O)CC2)C3=O)cc1. The quantitative estimate of drug-likeness (QED) is 0.710. The molecule has 1 aliphatic heterocycles. The molecule has 2 aromatic rings. The second-order valence-electron chi connectivity index (χ2n) is 8.51. The molecule has 31 heavy (non-hydrogen) atoms. The number of aryl methyl sites for hydroxylation is 1. The van der Waals surface area contributed by atoms with Crippen LogP contribution in [0.5, 0.6) is 0 Å². The van der Waals surface area contributed by atoms with Crippen LogP contribution in [0.3, 0.4) is 0 Å². The normalized spacial score (nSPS) is 18.8. The van der Waals surface area contributed by atoms with Crippen molar-refractivity contribution in [3.8, 4) is 0 Å². The van der Waals surface area contributed by atoms with Crippen LogP contribution >= 0.6 is 0 Å². The van der Waals surface area contributed by atoms with Gasteiger partial charge in [0.15, 0.2) is 0 Å². The predicted octanol–water partition coefficient (Wildman–Crippen LogP) is 1.75. The fourth-order valence-electron chi connectivity index (χ4n) is 3.94. The summed E-state index contributed by atoms with van der Waals surface area (Å²) in [7, 11) is -2.76. The van der Waals surface area contributed by atoms with Gasteiger partial charge in [0.2, 0.25) is 0 Å². The Morgan fingerprint density at radius 3 is 2.42 bits per heavy atom. The monoisotopic (exact) mass is 442 g/mol. The Labute approximate surface area is 181 Å². The van der Waals surface area contributed by atoms with Crippen molar-refractivity contribution < 1.29 is 13.8 Å². The van der Waals surface area contributed by atoms with Gasteiger partial charge in [0.25, 0.3) is 17.4 Å². The van der Waals surface area contributed by atoms with E-state index >= 15 is 0 Å². The number of hydrogen-bond acceptors (Lipinski definition) is 5. The number of amides is 2. The zero-order chi connectivity index (χ0) is 22.4. The Morgan fingerprint density at radius 1 is 1.13 bits per heavy atom. The van der Waals surface area contributed by atoms with E-state index < -0.39 is 25.9 Å². The molecule has 1 fully saturated rings. The number of benzene rings is 1. The lowest BCUT2D eigenvalue weighted by Gasteiger charge is -2.32. The van der Waals surface area contributed by atoms with Crippen molar-refractivity contribution in [3.05, 3.63) is 69.1 Å². The molecule has 0 bridgehead atoms. The Bertz CT molecular complexity index is 1210. The smallest absolute Gasteiger partial charge is 0.270 e. The van der Waals surface area contributed by atoms with Crippen LogP contribution in [0.2, 0.25) is 0 Å². The Hall–Kier alpha value is -2.94. The van der Waals surface area contributed by atoms with E-state index in [1.807, 2.05) is 31.2 Å². The van der Waals surface area contributed by atoms with Crippen LogP contribution in [0.1, 0.15) is 44.8 Å². The molecule has 1 aromatic heterocycles. The van der Waals surface area contributed by atoms with Crippen LogP contribution in [0.4, 0.5) is 0 Å². The van der Waals surface area contributed by atoms with E-state index in [2.05, 4.69) is 5.32 Å². The number of carbonyl (C=O) groups is 2. The summed E-state index contributed by atoms with van der Waals surface area (Å²) >= 11 is 0. The zero-order valence-electron chi connectivity index (χ0n) is 17.6. The van der Waals surface area contributed by atoms with Gasteiger partial charge in [-0.15, -0.1) is 0 Å². The van der Waals surface area contributed by atoms with Crippen LogP contribution < -0.4 is 10.9 Å². The molecule has 9 heteroatoms. The number of fused-ring (bicyclic) bond motifs is 1. The Balaban J connectivity index is 1.50. The van der Waals surface area contributed by atoms with E-state index in [1.54, 1.807) is 4.90 Å². The average Bonchev–Trinajstić information content (AvgIpc) is 3.51. The molecule has 1 atom stereocenters. The number of pyridine rings is 1. The second-order valence-corrected chi connectivity index (χ2v) is 11.1. The summed E-state index contributed by atoms with van der Waals surface area (Å²) in [5.41, 5.74) is 1.78. The first-order chi connectivity index (χ1) is 14.6. The lowest BCUT2D eigenvalue weighted by molar-refractivity contribution is 0.0695. The van der Waals surface area contributed by atoms with E-state index in [9.17, 15) is 18.6 Å². The molecule has 0 spiro atoms. The molecule has 1 saturated carbocycles. The maximum absolute atomic E-state index is 12.9. The summed E-state index contributed by atoms with van der Waals surface area (Å²) in [6, 6.07) is 10.6. The summed E-state index contributed by atoms with van der Waals surface area (Å²) < 4.78 is 20.9. The minimum absolute atomic E-state index is 0.00138. The van der Waals surface area contributed by atoms with Crippen molar-refractivity contribution in [2.45, 2.75) is 37.6 Å². The number of aromatic nitrogens is 1. The minimum atomic E-state index is -2.76. The highest BCUT2D eigenvalue weighted by Crippen LogP contribution is 2.44. The van der Waals surface area contributed by atoms with Crippen LogP contribution in [-0.4, -0.2) is 49.6 Å². The minimum Gasteiger partial charge on any atom is -0.348 e. The standard InChI is InChI=1S/C22H26N4O4S/c1-15-3-5-16(6-4-15)13-24-19(27)17-7-8-18-21(29)25(11-12-26(18)20(17)28)14-22(9-10-22)31(2,23)30/h3-8,23H,9-14H2,1-2H3,(H,24,27)/t31-/m0/s1. The van der Waals surface area contributed by atoms with E-state index in [-0.39, 0.29) is 36.8 Å². The van der Waals surface area contributed by atoms with Gasteiger partial charge in [-0.05, 0) is 37.5 Å². The number of rotatable bonds is 6. The van der Waals surface area contributed by atoms with Gasteiger partial charge in [-0.3, -0.25) is 19.2 Å². The summed E-state index contributed by atoms with van der Waals surface area (Å²) in [6.07, 6.45) is 2.76. The predicted molar refractivity (Wildman–Crippen MR) is 118 cm³/mol. The van der Waals surface area contributed by atoms with Gasteiger partial charge in [-0.1, -0.05) is 29.8 Å². The lowest BCUT2D eigenvalue weighted by atomic mass is 10.1. The van der Waals surface area contributed by atoms with Gasteiger partial charge in [0.05, 0.1) is 4.75 Å². The summed E-state index contributed by atoms with van der Waals surface area (Å²) in [4.78, 5) is 40.0. The second kappa shape index (κ2) is 7.64. The molecule has 0 radical (unpaired) electrons. The van der Waals surface area contributed by atoms with E-state index in [0.29, 0.717) is 19.4 Å². The maximum atomic E-state index is 12.9. The third kappa shape index (κ3) is 4.01. The highest BCUT2D eigenvalue weighted by atomic mass is 32.2. The molecule has 8 nitrogen and oxygen atoms in total. The molecule has 0 unspecified atom stereocenters. The molecular weight excluding hydrogens is 416 g/mol. The molecule has 1 aromatic carbocycles. The highest BCUT2D eigenvalue weighted by molar-refractivity contribution is 7.93. The fraction of sp³-hybridized carbons (Fsp3) is 0.409. The third-order valence-electron chi connectivity index (χ3n) is 6.21. The number of nitrogens with one attached hydrogen (secondary N) is 2. The number of hydrogen-bond donors (Lipinski definition) is 2. The van der Waals surface area contributed by atoms with E-state index in [4.69, 9.17) is 4.78 Å². The van der Waals surface area contributed by atoms with Gasteiger partial charge in [0.1, 0.15) is 11.3 Å². The van der Waals surface area contributed by atoms with Crippen molar-refractivity contribution in [2.24, 2.45) is 0 Å². The van der Waals surface area contributed by atoms with Crippen molar-refractivity contribution in [3.63, 3.8) is 0 Å². The highest BCUT2D eigenvalue weighted by Gasteiger charge is 2.51. The maximum Gasteiger partial charge on any atom is 0.270 e. The summed E-state index contributed by atoms with van der Waals surface area (Å²) in [5.74, 6) is -0.808. The molecule has 2 N–H and O–H groups in total. The number of nitrogens with zero attached hydrogens (tertiary/aromatic N) is 2. The molecule has 164 valence electrons. The van der Waals surface area contributed by atoms with Crippen molar-refractivity contribution in [2.75, 3.05) is 19.3 Å². The molecule has 2 heterocycles. The van der Waals surface area contributed by atoms with Gasteiger partial charge < -0.3 is 14.8 Å². The molecule has 0 saturated heterocycles. The van der Waals surface area contributed by atoms with Crippen LogP contribution in [0.25, 0.3) is 0 Å². The van der Waals surface area contributed by atoms with Crippen LogP contribution in [0.15, 0.2) is 41.2 Å². The van der Waals surface area contributed by atoms with Gasteiger partial charge in [0, 0.05) is 42.2 Å². The molecule has 2 amide bonds. The van der Waals surface area contributed by atoms with Crippen molar-refractivity contribution in [1.29, 1.82) is 4.78 Å². The first kappa shape index (κ1) is 21.3. The Morgan fingerprint density at radius 2 is 1.81 bits per heavy atom. The van der Waals surface area contributed by atoms with Gasteiger partial charge in [-0.25, -0.2) is 4.21 Å². The van der Waals surface area contributed by atoms with Crippen LogP contribution in [0, 0.1) is 11.7 Å². The van der Waals surface area contributed by atoms with Crippen molar-refractivity contribution in [1.82, 2.24) is 14.8 Å². The topological polar surface area (TPSA) is 112 Å². The van der Waals surface area contributed by atoms with Crippen molar-refractivity contribution >= 4 is 21.5 Å². The summed E-state index contributed by atoms with van der Waals surface area (Å²) in [6.45, 7) is 3.10. The molecular formula is C22H26N4O4S. The third-order valence-corrected chi connectivity index (χ3v) is 8.40. The zero-order valence-corrected chi connectivity index (χ0v) is 18.5. The summed E-state index contributed by atoms with van der Waals surface area (Å²) in [5, 5.41) is 2.76. The molecule has 1 aliphatic carbocycles.